The minimum atomic E-state index is -0.130. The van der Waals surface area contributed by atoms with Gasteiger partial charge in [0.1, 0.15) is 0 Å². The van der Waals surface area contributed by atoms with Crippen molar-refractivity contribution >= 4 is 17.5 Å². The highest BCUT2D eigenvalue weighted by Crippen LogP contribution is 2.17. The van der Waals surface area contributed by atoms with E-state index in [4.69, 9.17) is 11.6 Å². The first-order valence-electron chi connectivity index (χ1n) is 7.77. The zero-order valence-electron chi connectivity index (χ0n) is 13.1. The number of benzene rings is 2. The highest BCUT2D eigenvalue weighted by molar-refractivity contribution is 6.31. The van der Waals surface area contributed by atoms with Crippen LogP contribution < -0.4 is 5.32 Å². The molecule has 0 aliphatic rings. The van der Waals surface area contributed by atoms with Gasteiger partial charge in [-0.1, -0.05) is 60.1 Å². The van der Waals surface area contributed by atoms with Crippen LogP contribution in [0.5, 0.6) is 0 Å². The molecule has 120 valence electrons. The Hall–Kier alpha value is -2.65. The monoisotopic (exact) mass is 336 g/mol. The Labute approximate surface area is 146 Å². The van der Waals surface area contributed by atoms with E-state index < -0.39 is 0 Å². The molecule has 3 rings (SSSR count). The summed E-state index contributed by atoms with van der Waals surface area (Å²) in [4.78, 5) is 16.6. The van der Waals surface area contributed by atoms with E-state index in [1.165, 1.54) is 0 Å². The minimum Gasteiger partial charge on any atom is -0.352 e. The first-order chi connectivity index (χ1) is 11.7. The number of halogens is 1. The molecule has 1 N–H and O–H groups in total. The van der Waals surface area contributed by atoms with Crippen molar-refractivity contribution in [1.29, 1.82) is 0 Å². The van der Waals surface area contributed by atoms with Gasteiger partial charge in [0.05, 0.1) is 11.3 Å². The lowest BCUT2D eigenvalue weighted by atomic mass is 10.1. The van der Waals surface area contributed by atoms with Crippen LogP contribution in [0.1, 0.15) is 15.9 Å². The Morgan fingerprint density at radius 2 is 1.71 bits per heavy atom. The average Bonchev–Trinajstić information content (AvgIpc) is 2.64. The van der Waals surface area contributed by atoms with Gasteiger partial charge >= 0.3 is 0 Å². The fourth-order valence-electron chi connectivity index (χ4n) is 2.42. The molecule has 0 aliphatic carbocycles. The van der Waals surface area contributed by atoms with E-state index in [0.717, 1.165) is 21.8 Å². The summed E-state index contributed by atoms with van der Waals surface area (Å²) in [5, 5.41) is 3.62. The van der Waals surface area contributed by atoms with Crippen LogP contribution in [-0.4, -0.2) is 17.4 Å². The Morgan fingerprint density at radius 3 is 2.42 bits per heavy atom. The molecule has 0 atom stereocenters. The van der Waals surface area contributed by atoms with Crippen LogP contribution in [0.3, 0.4) is 0 Å². The first-order valence-corrected chi connectivity index (χ1v) is 8.15. The second-order valence-corrected chi connectivity index (χ2v) is 5.80. The number of aromatic nitrogens is 1. The maximum atomic E-state index is 12.2. The topological polar surface area (TPSA) is 42.0 Å². The van der Waals surface area contributed by atoms with Crippen molar-refractivity contribution in [2.24, 2.45) is 0 Å². The van der Waals surface area contributed by atoms with Gasteiger partial charge in [0.25, 0.3) is 5.91 Å². The van der Waals surface area contributed by atoms with Gasteiger partial charge in [0.15, 0.2) is 0 Å². The van der Waals surface area contributed by atoms with Crippen LogP contribution in [0, 0.1) is 0 Å². The smallest absolute Gasteiger partial charge is 0.252 e. The van der Waals surface area contributed by atoms with E-state index >= 15 is 0 Å². The van der Waals surface area contributed by atoms with Crippen molar-refractivity contribution in [2.45, 2.75) is 6.42 Å². The first kappa shape index (κ1) is 16.2. The van der Waals surface area contributed by atoms with Gasteiger partial charge in [-0.3, -0.25) is 9.78 Å². The Balaban J connectivity index is 1.58. The molecule has 0 radical (unpaired) electrons. The summed E-state index contributed by atoms with van der Waals surface area (Å²) < 4.78 is 0. The number of carbonyl (C=O) groups is 1. The van der Waals surface area contributed by atoms with E-state index in [9.17, 15) is 4.79 Å². The Morgan fingerprint density at radius 1 is 0.958 bits per heavy atom. The molecular formula is C20H17ClN2O. The third-order valence-corrected chi connectivity index (χ3v) is 4.10. The van der Waals surface area contributed by atoms with Crippen LogP contribution in [0.2, 0.25) is 5.02 Å². The fraction of sp³-hybridized carbons (Fsp3) is 0.100. The molecule has 0 saturated carbocycles. The standard InChI is InChI=1S/C20H17ClN2O/c21-18-9-5-4-6-15(18)12-13-22-20(24)17-10-11-19(23-14-17)16-7-2-1-3-8-16/h1-11,14H,12-13H2,(H,22,24). The molecule has 0 saturated heterocycles. The van der Waals surface area contributed by atoms with E-state index in [2.05, 4.69) is 10.3 Å². The summed E-state index contributed by atoms with van der Waals surface area (Å²) in [5.74, 6) is -0.130. The highest BCUT2D eigenvalue weighted by atomic mass is 35.5. The number of hydrogen-bond donors (Lipinski definition) is 1. The molecular weight excluding hydrogens is 320 g/mol. The van der Waals surface area contributed by atoms with Gasteiger partial charge in [0, 0.05) is 23.3 Å². The van der Waals surface area contributed by atoms with E-state index in [-0.39, 0.29) is 5.91 Å². The lowest BCUT2D eigenvalue weighted by Crippen LogP contribution is -2.25. The van der Waals surface area contributed by atoms with E-state index in [0.29, 0.717) is 18.5 Å². The predicted octanol–water partition coefficient (Wildman–Crippen LogP) is 4.37. The summed E-state index contributed by atoms with van der Waals surface area (Å²) in [6.07, 6.45) is 2.30. The second-order valence-electron chi connectivity index (χ2n) is 5.40. The van der Waals surface area contributed by atoms with Gasteiger partial charge in [-0.15, -0.1) is 0 Å². The van der Waals surface area contributed by atoms with E-state index in [1.807, 2.05) is 60.7 Å². The normalized spacial score (nSPS) is 10.4. The van der Waals surface area contributed by atoms with Crippen molar-refractivity contribution in [3.63, 3.8) is 0 Å². The van der Waals surface area contributed by atoms with Gasteiger partial charge in [-0.05, 0) is 30.2 Å². The molecule has 2 aromatic carbocycles. The van der Waals surface area contributed by atoms with Crippen molar-refractivity contribution in [3.05, 3.63) is 89.1 Å². The number of rotatable bonds is 5. The number of pyridine rings is 1. The second kappa shape index (κ2) is 7.75. The summed E-state index contributed by atoms with van der Waals surface area (Å²) in [6, 6.07) is 21.2. The zero-order chi connectivity index (χ0) is 16.8. The maximum Gasteiger partial charge on any atom is 0.252 e. The van der Waals surface area contributed by atoms with E-state index in [1.54, 1.807) is 12.3 Å². The molecule has 0 fully saturated rings. The number of nitrogens with one attached hydrogen (secondary N) is 1. The van der Waals surface area contributed by atoms with Crippen molar-refractivity contribution in [2.75, 3.05) is 6.54 Å². The number of nitrogens with zero attached hydrogens (tertiary/aromatic N) is 1. The molecule has 4 heteroatoms. The van der Waals surface area contributed by atoms with Gasteiger partial charge in [-0.2, -0.15) is 0 Å². The molecule has 3 aromatic rings. The van der Waals surface area contributed by atoms with Crippen LogP contribution in [0.25, 0.3) is 11.3 Å². The molecule has 1 amide bonds. The van der Waals surface area contributed by atoms with Crippen molar-refractivity contribution < 1.29 is 4.79 Å². The number of hydrogen-bond acceptors (Lipinski definition) is 2. The summed E-state index contributed by atoms with van der Waals surface area (Å²) in [6.45, 7) is 0.531. The lowest BCUT2D eigenvalue weighted by Gasteiger charge is -2.07. The van der Waals surface area contributed by atoms with Crippen molar-refractivity contribution in [3.8, 4) is 11.3 Å². The molecule has 0 aliphatic heterocycles. The summed E-state index contributed by atoms with van der Waals surface area (Å²) in [5.41, 5.74) is 3.46. The highest BCUT2D eigenvalue weighted by Gasteiger charge is 2.07. The third-order valence-electron chi connectivity index (χ3n) is 3.73. The fourth-order valence-corrected chi connectivity index (χ4v) is 2.65. The lowest BCUT2D eigenvalue weighted by molar-refractivity contribution is 0.0954. The van der Waals surface area contributed by atoms with Crippen LogP contribution in [0.15, 0.2) is 72.9 Å². The predicted molar refractivity (Wildman–Crippen MR) is 97.2 cm³/mol. The molecule has 3 nitrogen and oxygen atoms in total. The van der Waals surface area contributed by atoms with Gasteiger partial charge in [-0.25, -0.2) is 0 Å². The third kappa shape index (κ3) is 4.00. The molecule has 1 aromatic heterocycles. The molecule has 24 heavy (non-hydrogen) atoms. The largest absolute Gasteiger partial charge is 0.352 e. The summed E-state index contributed by atoms with van der Waals surface area (Å²) >= 11 is 6.11. The number of amides is 1. The molecule has 0 bridgehead atoms. The molecule has 1 heterocycles. The number of carbonyl (C=O) groups excluding carboxylic acids is 1. The Kier molecular flexibility index (Phi) is 5.24. The SMILES string of the molecule is O=C(NCCc1ccccc1Cl)c1ccc(-c2ccccc2)nc1. The quantitative estimate of drug-likeness (QED) is 0.751. The summed E-state index contributed by atoms with van der Waals surface area (Å²) in [7, 11) is 0. The van der Waals surface area contributed by atoms with Crippen LogP contribution in [0.4, 0.5) is 0 Å². The average molecular weight is 337 g/mol. The molecule has 0 spiro atoms. The van der Waals surface area contributed by atoms with Crippen molar-refractivity contribution in [1.82, 2.24) is 10.3 Å². The van der Waals surface area contributed by atoms with Crippen LogP contribution in [-0.2, 0) is 6.42 Å². The molecule has 0 unspecified atom stereocenters. The zero-order valence-corrected chi connectivity index (χ0v) is 13.8. The van der Waals surface area contributed by atoms with Gasteiger partial charge < -0.3 is 5.32 Å². The Bertz CT molecular complexity index is 817. The minimum absolute atomic E-state index is 0.130. The van der Waals surface area contributed by atoms with Gasteiger partial charge in [0.2, 0.25) is 0 Å². The van der Waals surface area contributed by atoms with Crippen LogP contribution >= 0.6 is 11.6 Å². The maximum absolute atomic E-state index is 12.2.